The standard InChI is InChI=1S/C19H26N6O2.C14H21ClN4O.C5H5N2O.3CH3.Sn/c1-19(2,3)24-15(26)11-25(4)18-12-7-6-8-13(12)22-17(23-18)14-9-21-16(27-5)10-20-14;1-14(2,3)18-11(20)8-19(4)12-9-6-5-7-10(9)16-13(15)17-12;1-8-5-4-6-2-3-7-5;;;;/h9-10H,6-8,11H2,1-5H3,(H,24,26);5-8H2,1-4H3,(H,18,20);3-4H,1H3;3*1H3;. The summed E-state index contributed by atoms with van der Waals surface area (Å²) in [5, 5.41) is 6.18. The van der Waals surface area contributed by atoms with Gasteiger partial charge in [0.15, 0.2) is 5.82 Å². The van der Waals surface area contributed by atoms with Crippen LogP contribution in [0.2, 0.25) is 20.1 Å². The molecule has 4 heterocycles. The molecular formula is C41H61ClN12O4Sn. The van der Waals surface area contributed by atoms with Crippen LogP contribution in [-0.2, 0) is 35.3 Å². The molecule has 2 N–H and O–H groups in total. The molecule has 18 heteroatoms. The van der Waals surface area contributed by atoms with Crippen LogP contribution in [0.25, 0.3) is 11.5 Å². The van der Waals surface area contributed by atoms with Crippen molar-refractivity contribution in [3.63, 3.8) is 0 Å². The Hall–Kier alpha value is -4.45. The molecular weight excluding hydrogens is 879 g/mol. The number of aromatic nitrogens is 8. The van der Waals surface area contributed by atoms with Gasteiger partial charge in [-0.05, 0) is 91.7 Å². The van der Waals surface area contributed by atoms with Crippen molar-refractivity contribution < 1.29 is 19.1 Å². The fraction of sp³-hybridized carbons (Fsp3) is 0.561. The first kappa shape index (κ1) is 47.2. The summed E-state index contributed by atoms with van der Waals surface area (Å²) in [7, 11) is 6.89. The van der Waals surface area contributed by atoms with E-state index in [1.807, 2.05) is 71.6 Å². The number of likely N-dealkylation sites (N-methyl/N-ethyl adjacent to an activating group) is 2. The molecule has 16 nitrogen and oxygen atoms in total. The van der Waals surface area contributed by atoms with Gasteiger partial charge in [0.05, 0.1) is 38.3 Å². The number of nitrogens with one attached hydrogen (secondary N) is 2. The Kier molecular flexibility index (Phi) is 16.2. The SMILES string of the molecule is CN(CC(=O)NC(C)(C)C)c1nc(Cl)nc2c1CCC2.COc1cn[c]([Sn]([CH3])([CH3])[CH3])cn1.COc1cnc(-c2nc3c(c(N(C)CC(=O)NC(C)(C)C)n2)CCC3)cn1. The number of anilines is 2. The number of amides is 2. The van der Waals surface area contributed by atoms with Crippen molar-refractivity contribution in [2.45, 2.75) is 106 Å². The summed E-state index contributed by atoms with van der Waals surface area (Å²) in [6.45, 7) is 12.3. The number of carbonyl (C=O) groups excluding carboxylic acids is 2. The molecule has 0 atom stereocenters. The van der Waals surface area contributed by atoms with Gasteiger partial charge in [0.2, 0.25) is 23.0 Å². The van der Waals surface area contributed by atoms with E-state index in [0.29, 0.717) is 23.3 Å². The number of carbonyl (C=O) groups is 2. The number of rotatable bonds is 10. The molecule has 59 heavy (non-hydrogen) atoms. The van der Waals surface area contributed by atoms with E-state index in [1.165, 1.54) is 3.71 Å². The maximum Gasteiger partial charge on any atom is 0.239 e. The van der Waals surface area contributed by atoms with Crippen molar-refractivity contribution in [1.82, 2.24) is 50.5 Å². The summed E-state index contributed by atoms with van der Waals surface area (Å²) in [5.41, 5.74) is 4.36. The molecule has 0 saturated carbocycles. The predicted molar refractivity (Wildman–Crippen MR) is 235 cm³/mol. The molecule has 2 amide bonds. The van der Waals surface area contributed by atoms with Gasteiger partial charge in [-0.2, -0.15) is 0 Å². The second-order valence-electron chi connectivity index (χ2n) is 17.7. The van der Waals surface area contributed by atoms with Gasteiger partial charge >= 0.3 is 77.0 Å². The number of nitrogens with zero attached hydrogens (tertiary/aromatic N) is 10. The normalized spacial score (nSPS) is 13.1. The van der Waals surface area contributed by atoms with Crippen molar-refractivity contribution in [2.24, 2.45) is 0 Å². The molecule has 2 aliphatic carbocycles. The first-order valence-corrected chi connectivity index (χ1v) is 30.2. The minimum Gasteiger partial charge on any atom is -0.480 e. The third-order valence-electron chi connectivity index (χ3n) is 8.98. The zero-order valence-electron chi connectivity index (χ0n) is 36.9. The van der Waals surface area contributed by atoms with Crippen LogP contribution in [0.15, 0.2) is 24.8 Å². The molecule has 2 aliphatic rings. The van der Waals surface area contributed by atoms with E-state index in [4.69, 9.17) is 26.1 Å². The molecule has 4 aromatic heterocycles. The summed E-state index contributed by atoms with van der Waals surface area (Å²) in [4.78, 5) is 69.9. The fourth-order valence-electron chi connectivity index (χ4n) is 6.38. The molecule has 6 rings (SSSR count). The first-order chi connectivity index (χ1) is 27.6. The maximum atomic E-state index is 12.3. The molecule has 0 saturated heterocycles. The number of hydrogen-bond acceptors (Lipinski definition) is 14. The number of methoxy groups -OCH3 is 2. The molecule has 0 unspecified atom stereocenters. The summed E-state index contributed by atoms with van der Waals surface area (Å²) < 4.78 is 11.2. The number of ether oxygens (including phenoxy) is 2. The van der Waals surface area contributed by atoms with Crippen molar-refractivity contribution in [2.75, 3.05) is 51.2 Å². The molecule has 0 fully saturated rings. The molecule has 0 bridgehead atoms. The van der Waals surface area contributed by atoms with Crippen LogP contribution < -0.4 is 33.6 Å². The second-order valence-corrected chi connectivity index (χ2v) is 32.3. The topological polar surface area (TPSA) is 186 Å². The van der Waals surface area contributed by atoms with Gasteiger partial charge in [-0.1, -0.05) is 0 Å². The fourth-order valence-corrected chi connectivity index (χ4v) is 9.15. The van der Waals surface area contributed by atoms with Gasteiger partial charge in [-0.15, -0.1) is 0 Å². The third-order valence-corrected chi connectivity index (χ3v) is 14.3. The number of hydrogen-bond donors (Lipinski definition) is 2. The summed E-state index contributed by atoms with van der Waals surface area (Å²) in [5.74, 6) is 3.05. The Morgan fingerprint density at radius 3 is 1.58 bits per heavy atom. The minimum absolute atomic E-state index is 0.0264. The van der Waals surface area contributed by atoms with E-state index in [-0.39, 0.29) is 41.3 Å². The van der Waals surface area contributed by atoms with Crippen molar-refractivity contribution in [1.29, 1.82) is 0 Å². The van der Waals surface area contributed by atoms with Crippen LogP contribution in [0, 0.1) is 0 Å². The zero-order chi connectivity index (χ0) is 43.7. The van der Waals surface area contributed by atoms with Gasteiger partial charge in [-0.3, -0.25) is 9.59 Å². The average molecular weight is 940 g/mol. The van der Waals surface area contributed by atoms with E-state index in [2.05, 4.69) is 60.3 Å². The van der Waals surface area contributed by atoms with E-state index >= 15 is 0 Å². The van der Waals surface area contributed by atoms with E-state index in [0.717, 1.165) is 72.7 Å². The smallest absolute Gasteiger partial charge is 0.239 e. The Bertz CT molecular complexity index is 2050. The van der Waals surface area contributed by atoms with Crippen LogP contribution in [0.3, 0.4) is 0 Å². The first-order valence-electron chi connectivity index (χ1n) is 19.8. The van der Waals surface area contributed by atoms with Crippen LogP contribution in [0.1, 0.15) is 76.9 Å². The summed E-state index contributed by atoms with van der Waals surface area (Å²) >= 11 is 3.98. The largest absolute Gasteiger partial charge is 0.480 e. The summed E-state index contributed by atoms with van der Waals surface area (Å²) in [6, 6.07) is 0. The van der Waals surface area contributed by atoms with Crippen LogP contribution in [0.4, 0.5) is 11.6 Å². The van der Waals surface area contributed by atoms with Crippen LogP contribution in [0.5, 0.6) is 11.8 Å². The monoisotopic (exact) mass is 940 g/mol. The van der Waals surface area contributed by atoms with Gasteiger partial charge < -0.3 is 25.2 Å². The summed E-state index contributed by atoms with van der Waals surface area (Å²) in [6.07, 6.45) is 12.5. The molecule has 4 aromatic rings. The van der Waals surface area contributed by atoms with Gasteiger partial charge in [-0.25, -0.2) is 29.9 Å². The average Bonchev–Trinajstić information content (AvgIpc) is 3.82. The van der Waals surface area contributed by atoms with Gasteiger partial charge in [0, 0.05) is 42.0 Å². The van der Waals surface area contributed by atoms with Gasteiger partial charge in [0.1, 0.15) is 17.3 Å². The second kappa shape index (κ2) is 20.2. The number of aryl methyl sites for hydroxylation is 2. The van der Waals surface area contributed by atoms with Crippen molar-refractivity contribution >= 4 is 57.1 Å². The van der Waals surface area contributed by atoms with Crippen LogP contribution in [-0.4, -0.2) is 123 Å². The van der Waals surface area contributed by atoms with E-state index < -0.39 is 18.4 Å². The third kappa shape index (κ3) is 14.4. The van der Waals surface area contributed by atoms with E-state index in [1.54, 1.807) is 32.8 Å². The Labute approximate surface area is 358 Å². The molecule has 0 aliphatic heterocycles. The van der Waals surface area contributed by atoms with Crippen molar-refractivity contribution in [3.8, 4) is 23.3 Å². The number of halogens is 1. The predicted octanol–water partition coefficient (Wildman–Crippen LogP) is 4.78. The number of fused-ring (bicyclic) bond motifs is 2. The molecule has 0 radical (unpaired) electrons. The molecule has 0 spiro atoms. The minimum atomic E-state index is -1.99. The zero-order valence-corrected chi connectivity index (χ0v) is 40.6. The molecule has 0 aromatic carbocycles. The van der Waals surface area contributed by atoms with E-state index in [9.17, 15) is 9.59 Å². The van der Waals surface area contributed by atoms with Gasteiger partial charge in [0.25, 0.3) is 0 Å². The Morgan fingerprint density at radius 1 is 0.678 bits per heavy atom. The van der Waals surface area contributed by atoms with Crippen LogP contribution >= 0.6 is 11.6 Å². The quantitative estimate of drug-likeness (QED) is 0.164. The Morgan fingerprint density at radius 2 is 1.15 bits per heavy atom. The maximum absolute atomic E-state index is 12.3. The van der Waals surface area contributed by atoms with Crippen molar-refractivity contribution in [3.05, 3.63) is 52.6 Å². The Balaban J connectivity index is 0.000000211. The molecule has 320 valence electrons.